The summed E-state index contributed by atoms with van der Waals surface area (Å²) in [4.78, 5) is 13.5. The SMILES string of the molecule is CCOc1ccccc1OCCCC(=O)N[C@@H](c1ccc(F)cc1)c1cccs1. The maximum absolute atomic E-state index is 13.3. The third kappa shape index (κ3) is 6.06. The molecule has 0 aliphatic carbocycles. The predicted octanol–water partition coefficient (Wildman–Crippen LogP) is 5.35. The van der Waals surface area contributed by atoms with E-state index in [1.54, 1.807) is 23.5 Å². The molecule has 1 heterocycles. The minimum Gasteiger partial charge on any atom is -0.490 e. The molecular formula is C23H24FNO3S. The summed E-state index contributed by atoms with van der Waals surface area (Å²) in [5.74, 6) is 1.01. The van der Waals surface area contributed by atoms with Gasteiger partial charge in [0.25, 0.3) is 0 Å². The van der Waals surface area contributed by atoms with Crippen molar-refractivity contribution in [3.8, 4) is 11.5 Å². The molecule has 1 amide bonds. The predicted molar refractivity (Wildman–Crippen MR) is 113 cm³/mol. The monoisotopic (exact) mass is 413 g/mol. The van der Waals surface area contributed by atoms with Crippen LogP contribution in [0.25, 0.3) is 0 Å². The molecule has 0 aliphatic rings. The summed E-state index contributed by atoms with van der Waals surface area (Å²) in [5, 5.41) is 5.01. The third-order valence-electron chi connectivity index (χ3n) is 4.29. The first-order chi connectivity index (χ1) is 14.2. The van der Waals surface area contributed by atoms with Gasteiger partial charge in [-0.1, -0.05) is 30.3 Å². The van der Waals surface area contributed by atoms with Crippen molar-refractivity contribution < 1.29 is 18.7 Å². The number of carbonyl (C=O) groups is 1. The molecule has 0 saturated carbocycles. The molecule has 0 bridgehead atoms. The number of hydrogen-bond donors (Lipinski definition) is 1. The van der Waals surface area contributed by atoms with Gasteiger partial charge >= 0.3 is 0 Å². The molecule has 1 N–H and O–H groups in total. The van der Waals surface area contributed by atoms with E-state index >= 15 is 0 Å². The average Bonchev–Trinajstić information content (AvgIpc) is 3.26. The van der Waals surface area contributed by atoms with E-state index in [-0.39, 0.29) is 17.8 Å². The molecule has 152 valence electrons. The van der Waals surface area contributed by atoms with E-state index in [0.29, 0.717) is 37.6 Å². The largest absolute Gasteiger partial charge is 0.490 e. The highest BCUT2D eigenvalue weighted by molar-refractivity contribution is 7.10. The van der Waals surface area contributed by atoms with E-state index in [1.807, 2.05) is 48.7 Å². The molecule has 0 aliphatic heterocycles. The first kappa shape index (κ1) is 20.9. The molecule has 0 spiro atoms. The Balaban J connectivity index is 1.54. The van der Waals surface area contributed by atoms with Gasteiger partial charge in [0.2, 0.25) is 5.91 Å². The molecule has 0 unspecified atom stereocenters. The topological polar surface area (TPSA) is 47.6 Å². The van der Waals surface area contributed by atoms with Crippen LogP contribution < -0.4 is 14.8 Å². The van der Waals surface area contributed by atoms with Gasteiger partial charge in [0.15, 0.2) is 11.5 Å². The maximum atomic E-state index is 13.3. The molecule has 3 aromatic rings. The number of benzene rings is 2. The van der Waals surface area contributed by atoms with Gasteiger partial charge in [-0.25, -0.2) is 4.39 Å². The smallest absolute Gasteiger partial charge is 0.220 e. The normalized spacial score (nSPS) is 11.7. The van der Waals surface area contributed by atoms with Crippen LogP contribution in [0.4, 0.5) is 4.39 Å². The van der Waals surface area contributed by atoms with Crippen LogP contribution in [0.15, 0.2) is 66.0 Å². The van der Waals surface area contributed by atoms with Crippen molar-refractivity contribution in [2.45, 2.75) is 25.8 Å². The highest BCUT2D eigenvalue weighted by Crippen LogP contribution is 2.27. The lowest BCUT2D eigenvalue weighted by atomic mass is 10.0. The van der Waals surface area contributed by atoms with Crippen molar-refractivity contribution >= 4 is 17.2 Å². The zero-order valence-corrected chi connectivity index (χ0v) is 17.1. The summed E-state index contributed by atoms with van der Waals surface area (Å²) in [6, 6.07) is 17.3. The fourth-order valence-corrected chi connectivity index (χ4v) is 3.72. The van der Waals surface area contributed by atoms with Crippen LogP contribution in [0.1, 0.15) is 36.2 Å². The minimum atomic E-state index is -0.297. The van der Waals surface area contributed by atoms with Gasteiger partial charge in [-0.2, -0.15) is 0 Å². The van der Waals surface area contributed by atoms with Crippen molar-refractivity contribution in [3.05, 3.63) is 82.3 Å². The van der Waals surface area contributed by atoms with Gasteiger partial charge in [-0.15, -0.1) is 11.3 Å². The summed E-state index contributed by atoms with van der Waals surface area (Å²) in [6.45, 7) is 2.90. The third-order valence-corrected chi connectivity index (χ3v) is 5.23. The lowest BCUT2D eigenvalue weighted by molar-refractivity contribution is -0.121. The van der Waals surface area contributed by atoms with Crippen molar-refractivity contribution in [3.63, 3.8) is 0 Å². The highest BCUT2D eigenvalue weighted by atomic mass is 32.1. The number of thiophene rings is 1. The van der Waals surface area contributed by atoms with E-state index < -0.39 is 0 Å². The molecule has 4 nitrogen and oxygen atoms in total. The second-order valence-corrected chi connectivity index (χ2v) is 7.38. The van der Waals surface area contributed by atoms with Crippen LogP contribution in [0.3, 0.4) is 0 Å². The van der Waals surface area contributed by atoms with E-state index in [0.717, 1.165) is 10.4 Å². The molecule has 0 fully saturated rings. The van der Waals surface area contributed by atoms with Crippen LogP contribution in [-0.4, -0.2) is 19.1 Å². The summed E-state index contributed by atoms with van der Waals surface area (Å²) in [5.41, 5.74) is 0.851. The van der Waals surface area contributed by atoms with Crippen LogP contribution in [-0.2, 0) is 4.79 Å². The number of hydrogen-bond acceptors (Lipinski definition) is 4. The number of carbonyl (C=O) groups excluding carboxylic acids is 1. The Hall–Kier alpha value is -2.86. The highest BCUT2D eigenvalue weighted by Gasteiger charge is 2.18. The molecular weight excluding hydrogens is 389 g/mol. The number of nitrogens with one attached hydrogen (secondary N) is 1. The van der Waals surface area contributed by atoms with Crippen LogP contribution in [0, 0.1) is 5.82 Å². The van der Waals surface area contributed by atoms with Crippen molar-refractivity contribution in [2.75, 3.05) is 13.2 Å². The maximum Gasteiger partial charge on any atom is 0.220 e. The number of ether oxygens (including phenoxy) is 2. The zero-order valence-electron chi connectivity index (χ0n) is 16.3. The Labute approximate surface area is 174 Å². The van der Waals surface area contributed by atoms with E-state index in [1.165, 1.54) is 12.1 Å². The standard InChI is InChI=1S/C23H24FNO3S/c1-2-27-19-7-3-4-8-20(19)28-15-5-10-22(26)25-23(21-9-6-16-29-21)17-11-13-18(24)14-12-17/h3-4,6-9,11-14,16,23H,2,5,10,15H2,1H3,(H,25,26)/t23-/m0/s1. The second kappa shape index (κ2) is 10.6. The van der Waals surface area contributed by atoms with Crippen LogP contribution in [0.2, 0.25) is 0 Å². The van der Waals surface area contributed by atoms with E-state index in [2.05, 4.69) is 5.32 Å². The van der Waals surface area contributed by atoms with Crippen molar-refractivity contribution in [1.82, 2.24) is 5.32 Å². The lowest BCUT2D eigenvalue weighted by Crippen LogP contribution is -2.28. The minimum absolute atomic E-state index is 0.0746. The summed E-state index contributed by atoms with van der Waals surface area (Å²) in [7, 11) is 0. The summed E-state index contributed by atoms with van der Waals surface area (Å²) < 4.78 is 24.6. The zero-order chi connectivity index (χ0) is 20.5. The Morgan fingerprint density at radius 1 is 1.03 bits per heavy atom. The van der Waals surface area contributed by atoms with Crippen molar-refractivity contribution in [1.29, 1.82) is 0 Å². The van der Waals surface area contributed by atoms with Gasteiger partial charge in [-0.3, -0.25) is 4.79 Å². The Bertz CT molecular complexity index is 897. The molecule has 3 rings (SSSR count). The van der Waals surface area contributed by atoms with Gasteiger partial charge in [0.05, 0.1) is 19.3 Å². The molecule has 0 radical (unpaired) electrons. The van der Waals surface area contributed by atoms with E-state index in [9.17, 15) is 9.18 Å². The number of amides is 1. The van der Waals surface area contributed by atoms with Gasteiger partial charge in [0, 0.05) is 11.3 Å². The fourth-order valence-electron chi connectivity index (χ4n) is 2.92. The number of para-hydroxylation sites is 2. The molecule has 29 heavy (non-hydrogen) atoms. The van der Waals surface area contributed by atoms with Crippen molar-refractivity contribution in [2.24, 2.45) is 0 Å². The second-order valence-electron chi connectivity index (χ2n) is 6.40. The first-order valence-electron chi connectivity index (χ1n) is 9.60. The quantitative estimate of drug-likeness (QED) is 0.456. The Kier molecular flexibility index (Phi) is 7.64. The fraction of sp³-hybridized carbons (Fsp3) is 0.261. The lowest BCUT2D eigenvalue weighted by Gasteiger charge is -2.18. The Morgan fingerprint density at radius 2 is 1.76 bits per heavy atom. The van der Waals surface area contributed by atoms with Crippen LogP contribution >= 0.6 is 11.3 Å². The van der Waals surface area contributed by atoms with Crippen LogP contribution in [0.5, 0.6) is 11.5 Å². The molecule has 0 saturated heterocycles. The Morgan fingerprint density at radius 3 is 2.41 bits per heavy atom. The van der Waals surface area contributed by atoms with Gasteiger partial charge in [-0.05, 0) is 54.6 Å². The summed E-state index contributed by atoms with van der Waals surface area (Å²) in [6.07, 6.45) is 0.909. The molecule has 6 heteroatoms. The first-order valence-corrected chi connectivity index (χ1v) is 10.5. The number of rotatable bonds is 10. The summed E-state index contributed by atoms with van der Waals surface area (Å²) >= 11 is 1.56. The van der Waals surface area contributed by atoms with Gasteiger partial charge in [0.1, 0.15) is 5.82 Å². The van der Waals surface area contributed by atoms with E-state index in [4.69, 9.17) is 9.47 Å². The molecule has 1 atom stereocenters. The van der Waals surface area contributed by atoms with Gasteiger partial charge < -0.3 is 14.8 Å². The molecule has 2 aromatic carbocycles. The molecule has 1 aromatic heterocycles. The average molecular weight is 414 g/mol. The number of halogens is 1.